The lowest BCUT2D eigenvalue weighted by molar-refractivity contribution is -0.140. The van der Waals surface area contributed by atoms with Crippen LogP contribution in [0.5, 0.6) is 5.75 Å². The number of fused-ring (bicyclic) bond motifs is 1. The summed E-state index contributed by atoms with van der Waals surface area (Å²) in [7, 11) is 1.66. The van der Waals surface area contributed by atoms with E-state index < -0.39 is 0 Å². The smallest absolute Gasteiger partial charge is 0.270 e. The molecular formula is C29H31N3O4S. The van der Waals surface area contributed by atoms with Gasteiger partial charge in [0, 0.05) is 36.6 Å². The van der Waals surface area contributed by atoms with E-state index in [1.54, 1.807) is 18.4 Å². The summed E-state index contributed by atoms with van der Waals surface area (Å²) in [4.78, 5) is 31.3. The molecule has 1 fully saturated rings. The SMILES string of the molecule is COc1ccccc1Cn1c(C(=O)N2CCN(C(=O)COCc3ccccc3)[C@H](C)C2)cc2ccsc21. The number of ether oxygens (including phenoxy) is 2. The summed E-state index contributed by atoms with van der Waals surface area (Å²) in [6.07, 6.45) is 0. The molecule has 1 atom stereocenters. The molecule has 0 radical (unpaired) electrons. The second kappa shape index (κ2) is 11.2. The fourth-order valence-electron chi connectivity index (χ4n) is 4.90. The Morgan fingerprint density at radius 2 is 1.81 bits per heavy atom. The van der Waals surface area contributed by atoms with E-state index in [0.29, 0.717) is 38.5 Å². The van der Waals surface area contributed by atoms with Gasteiger partial charge in [-0.25, -0.2) is 0 Å². The predicted molar refractivity (Wildman–Crippen MR) is 145 cm³/mol. The van der Waals surface area contributed by atoms with E-state index in [4.69, 9.17) is 9.47 Å². The monoisotopic (exact) mass is 517 g/mol. The quantitative estimate of drug-likeness (QED) is 0.341. The van der Waals surface area contributed by atoms with Crippen LogP contribution < -0.4 is 4.74 Å². The Morgan fingerprint density at radius 1 is 1.03 bits per heavy atom. The van der Waals surface area contributed by atoms with E-state index in [0.717, 1.165) is 27.1 Å². The lowest BCUT2D eigenvalue weighted by Crippen LogP contribution is -2.56. The molecule has 37 heavy (non-hydrogen) atoms. The van der Waals surface area contributed by atoms with Crippen molar-refractivity contribution in [1.29, 1.82) is 0 Å². The van der Waals surface area contributed by atoms with Gasteiger partial charge < -0.3 is 23.8 Å². The number of aromatic nitrogens is 1. The van der Waals surface area contributed by atoms with Gasteiger partial charge in [0.2, 0.25) is 5.91 Å². The lowest BCUT2D eigenvalue weighted by atomic mass is 10.1. The molecule has 8 heteroatoms. The molecule has 2 amide bonds. The molecule has 0 spiro atoms. The zero-order chi connectivity index (χ0) is 25.8. The maximum Gasteiger partial charge on any atom is 0.270 e. The Morgan fingerprint density at radius 3 is 2.59 bits per heavy atom. The number of amides is 2. The molecular weight excluding hydrogens is 486 g/mol. The standard InChI is InChI=1S/C29H31N3O4S/c1-21-17-30(13-14-31(21)27(33)20-36-19-22-8-4-3-5-9-22)28(34)25-16-23-12-15-37-29(23)32(25)18-24-10-6-7-11-26(24)35-2/h3-12,15-16,21H,13-14,17-20H2,1-2H3/t21-/m1/s1. The minimum absolute atomic E-state index is 0.0161. The first-order valence-corrected chi connectivity index (χ1v) is 13.3. The van der Waals surface area contributed by atoms with Gasteiger partial charge in [-0.15, -0.1) is 11.3 Å². The number of rotatable bonds is 8. The van der Waals surface area contributed by atoms with E-state index in [2.05, 4.69) is 4.57 Å². The van der Waals surface area contributed by atoms with Gasteiger partial charge in [0.05, 0.1) is 20.3 Å². The number of thiophene rings is 1. The van der Waals surface area contributed by atoms with Crippen molar-refractivity contribution < 1.29 is 19.1 Å². The minimum atomic E-state index is -0.0933. The highest BCUT2D eigenvalue weighted by Gasteiger charge is 2.31. The number of nitrogens with zero attached hydrogens (tertiary/aromatic N) is 3. The molecule has 4 aromatic rings. The molecule has 0 unspecified atom stereocenters. The largest absolute Gasteiger partial charge is 0.496 e. The first kappa shape index (κ1) is 25.0. The molecule has 7 nitrogen and oxygen atoms in total. The Labute approximate surface area is 220 Å². The molecule has 1 aliphatic heterocycles. The van der Waals surface area contributed by atoms with Gasteiger partial charge in [-0.2, -0.15) is 0 Å². The molecule has 1 saturated heterocycles. The van der Waals surface area contributed by atoms with Crippen molar-refractivity contribution in [3.05, 3.63) is 88.9 Å². The number of benzene rings is 2. The zero-order valence-corrected chi connectivity index (χ0v) is 21.9. The number of hydrogen-bond donors (Lipinski definition) is 0. The summed E-state index contributed by atoms with van der Waals surface area (Å²) < 4.78 is 13.3. The average molecular weight is 518 g/mol. The van der Waals surface area contributed by atoms with E-state index in [1.807, 2.05) is 88.8 Å². The van der Waals surface area contributed by atoms with Gasteiger partial charge in [0.15, 0.2) is 0 Å². The summed E-state index contributed by atoms with van der Waals surface area (Å²) >= 11 is 1.63. The number of carbonyl (C=O) groups is 2. The fraction of sp³-hybridized carbons (Fsp3) is 0.310. The normalized spacial score (nSPS) is 15.8. The maximum atomic E-state index is 13.7. The molecule has 0 N–H and O–H groups in total. The molecule has 0 saturated carbocycles. The third-order valence-corrected chi connectivity index (χ3v) is 7.77. The number of carbonyl (C=O) groups excluding carboxylic acids is 2. The van der Waals surface area contributed by atoms with Crippen molar-refractivity contribution in [2.45, 2.75) is 26.1 Å². The predicted octanol–water partition coefficient (Wildman–Crippen LogP) is 4.65. The lowest BCUT2D eigenvalue weighted by Gasteiger charge is -2.40. The van der Waals surface area contributed by atoms with Crippen molar-refractivity contribution in [2.24, 2.45) is 0 Å². The highest BCUT2D eigenvalue weighted by atomic mass is 32.1. The van der Waals surface area contributed by atoms with Crippen LogP contribution in [0.2, 0.25) is 0 Å². The van der Waals surface area contributed by atoms with E-state index in [9.17, 15) is 9.59 Å². The number of para-hydroxylation sites is 1. The third-order valence-electron chi connectivity index (χ3n) is 6.81. The topological polar surface area (TPSA) is 64.0 Å². The number of piperazine rings is 1. The van der Waals surface area contributed by atoms with Crippen LogP contribution in [0.25, 0.3) is 10.2 Å². The maximum absolute atomic E-state index is 13.7. The van der Waals surface area contributed by atoms with Crippen LogP contribution in [-0.2, 0) is 22.7 Å². The molecule has 5 rings (SSSR count). The molecule has 192 valence electrons. The van der Waals surface area contributed by atoms with Gasteiger partial charge in [-0.05, 0) is 36.1 Å². The summed E-state index contributed by atoms with van der Waals surface area (Å²) in [5.74, 6) is 0.739. The van der Waals surface area contributed by atoms with Crippen molar-refractivity contribution in [2.75, 3.05) is 33.4 Å². The third kappa shape index (κ3) is 5.40. The Kier molecular flexibility index (Phi) is 7.58. The first-order chi connectivity index (χ1) is 18.0. The number of hydrogen-bond acceptors (Lipinski definition) is 5. The first-order valence-electron chi connectivity index (χ1n) is 12.4. The Hall–Kier alpha value is -3.62. The molecule has 0 bridgehead atoms. The van der Waals surface area contributed by atoms with Crippen LogP contribution in [-0.4, -0.2) is 65.6 Å². The number of methoxy groups -OCH3 is 1. The fourth-order valence-corrected chi connectivity index (χ4v) is 5.80. The van der Waals surface area contributed by atoms with E-state index >= 15 is 0 Å². The highest BCUT2D eigenvalue weighted by Crippen LogP contribution is 2.29. The van der Waals surface area contributed by atoms with Gasteiger partial charge in [-0.3, -0.25) is 9.59 Å². The van der Waals surface area contributed by atoms with Gasteiger partial charge in [0.1, 0.15) is 22.9 Å². The van der Waals surface area contributed by atoms with Crippen LogP contribution in [0.15, 0.2) is 72.1 Å². The second-order valence-corrected chi connectivity index (χ2v) is 10.2. The van der Waals surface area contributed by atoms with Crippen LogP contribution in [0.4, 0.5) is 0 Å². The van der Waals surface area contributed by atoms with Crippen molar-refractivity contribution in [3.63, 3.8) is 0 Å². The Balaban J connectivity index is 1.26. The van der Waals surface area contributed by atoms with Crippen LogP contribution in [0.1, 0.15) is 28.5 Å². The van der Waals surface area contributed by atoms with Gasteiger partial charge in [0.25, 0.3) is 5.91 Å². The van der Waals surface area contributed by atoms with Crippen molar-refractivity contribution in [3.8, 4) is 5.75 Å². The summed E-state index contributed by atoms with van der Waals surface area (Å²) in [5, 5.41) is 3.10. The van der Waals surface area contributed by atoms with Crippen molar-refractivity contribution >= 4 is 33.4 Å². The van der Waals surface area contributed by atoms with Gasteiger partial charge in [-0.1, -0.05) is 48.5 Å². The minimum Gasteiger partial charge on any atom is -0.496 e. The van der Waals surface area contributed by atoms with E-state index in [1.165, 1.54) is 0 Å². The molecule has 0 aliphatic carbocycles. The van der Waals surface area contributed by atoms with Crippen molar-refractivity contribution in [1.82, 2.24) is 14.4 Å². The van der Waals surface area contributed by atoms with Crippen LogP contribution in [0, 0.1) is 0 Å². The molecule has 1 aliphatic rings. The van der Waals surface area contributed by atoms with Gasteiger partial charge >= 0.3 is 0 Å². The van der Waals surface area contributed by atoms with E-state index in [-0.39, 0.29) is 24.5 Å². The van der Waals surface area contributed by atoms with Crippen LogP contribution >= 0.6 is 11.3 Å². The summed E-state index contributed by atoms with van der Waals surface area (Å²) in [5.41, 5.74) is 2.71. The Bertz CT molecular complexity index is 1380. The molecule has 2 aromatic heterocycles. The second-order valence-electron chi connectivity index (χ2n) is 9.27. The molecule has 3 heterocycles. The zero-order valence-electron chi connectivity index (χ0n) is 21.1. The van der Waals surface area contributed by atoms with Crippen LogP contribution in [0.3, 0.4) is 0 Å². The molecule has 2 aromatic carbocycles. The summed E-state index contributed by atoms with van der Waals surface area (Å²) in [6, 6.07) is 21.6. The summed E-state index contributed by atoms with van der Waals surface area (Å²) in [6.45, 7) is 4.42. The highest BCUT2D eigenvalue weighted by molar-refractivity contribution is 7.16. The average Bonchev–Trinajstić information content (AvgIpc) is 3.51.